The highest BCUT2D eigenvalue weighted by molar-refractivity contribution is 5.91. The molecule has 0 aliphatic carbocycles. The van der Waals surface area contributed by atoms with Crippen LogP contribution in [-0.2, 0) is 9.53 Å². The van der Waals surface area contributed by atoms with Crippen LogP contribution in [0, 0.1) is 11.7 Å². The van der Waals surface area contributed by atoms with Crippen molar-refractivity contribution in [2.45, 2.75) is 39.7 Å². The van der Waals surface area contributed by atoms with Gasteiger partial charge in [-0.15, -0.1) is 0 Å². The highest BCUT2D eigenvalue weighted by Crippen LogP contribution is 2.16. The van der Waals surface area contributed by atoms with Crippen LogP contribution in [0.3, 0.4) is 0 Å². The summed E-state index contributed by atoms with van der Waals surface area (Å²) < 4.78 is 18.5. The lowest BCUT2D eigenvalue weighted by atomic mass is 10.1. The molecule has 3 N–H and O–H groups in total. The maximum absolute atomic E-state index is 13.0. The molecule has 0 aliphatic rings. The molecule has 0 heterocycles. The van der Waals surface area contributed by atoms with Crippen molar-refractivity contribution in [1.29, 1.82) is 0 Å². The van der Waals surface area contributed by atoms with Gasteiger partial charge in [0.05, 0.1) is 24.8 Å². The molecule has 1 unspecified atom stereocenters. The Bertz CT molecular complexity index is 449. The first-order valence-electron chi connectivity index (χ1n) is 6.85. The van der Waals surface area contributed by atoms with Gasteiger partial charge < -0.3 is 15.8 Å². The van der Waals surface area contributed by atoms with E-state index in [2.05, 4.69) is 19.2 Å². The van der Waals surface area contributed by atoms with Crippen LogP contribution in [0.4, 0.5) is 15.8 Å². The average molecular weight is 282 g/mol. The van der Waals surface area contributed by atoms with Gasteiger partial charge >= 0.3 is 0 Å². The van der Waals surface area contributed by atoms with Crippen LogP contribution >= 0.6 is 0 Å². The van der Waals surface area contributed by atoms with Gasteiger partial charge in [0.2, 0.25) is 5.91 Å². The van der Waals surface area contributed by atoms with E-state index in [9.17, 15) is 9.18 Å². The number of carbonyl (C=O) groups is 1. The van der Waals surface area contributed by atoms with E-state index in [1.807, 2.05) is 6.92 Å². The van der Waals surface area contributed by atoms with Gasteiger partial charge in [0.25, 0.3) is 0 Å². The monoisotopic (exact) mass is 282 g/mol. The number of carbonyl (C=O) groups excluding carboxylic acids is 1. The summed E-state index contributed by atoms with van der Waals surface area (Å²) in [5.74, 6) is -0.0948. The van der Waals surface area contributed by atoms with Crippen molar-refractivity contribution in [2.24, 2.45) is 5.92 Å². The summed E-state index contributed by atoms with van der Waals surface area (Å²) in [6, 6.07) is 4.10. The third kappa shape index (κ3) is 6.02. The largest absolute Gasteiger partial charge is 0.396 e. The molecule has 0 spiro atoms. The lowest BCUT2D eigenvalue weighted by Crippen LogP contribution is -2.18. The molecule has 1 atom stereocenters. The lowest BCUT2D eigenvalue weighted by molar-refractivity contribution is -0.117. The smallest absolute Gasteiger partial charge is 0.226 e. The summed E-state index contributed by atoms with van der Waals surface area (Å²) in [5.41, 5.74) is 5.94. The van der Waals surface area contributed by atoms with Crippen molar-refractivity contribution in [2.75, 3.05) is 17.7 Å². The highest BCUT2D eigenvalue weighted by Gasteiger charge is 2.08. The van der Waals surface area contributed by atoms with Crippen molar-refractivity contribution in [3.8, 4) is 0 Å². The van der Waals surface area contributed by atoms with Crippen LogP contribution in [0.1, 0.15) is 33.6 Å². The number of hydrogen-bond acceptors (Lipinski definition) is 3. The molecule has 0 radical (unpaired) electrons. The van der Waals surface area contributed by atoms with Crippen LogP contribution < -0.4 is 11.1 Å². The minimum atomic E-state index is -0.492. The summed E-state index contributed by atoms with van der Waals surface area (Å²) in [5, 5.41) is 2.66. The summed E-state index contributed by atoms with van der Waals surface area (Å²) >= 11 is 0. The number of anilines is 2. The van der Waals surface area contributed by atoms with E-state index in [4.69, 9.17) is 10.5 Å². The Morgan fingerprint density at radius 2 is 2.10 bits per heavy atom. The first-order valence-corrected chi connectivity index (χ1v) is 6.85. The first kappa shape index (κ1) is 16.4. The first-order chi connectivity index (χ1) is 9.38. The molecule has 0 saturated carbocycles. The van der Waals surface area contributed by atoms with Gasteiger partial charge in [-0.3, -0.25) is 4.79 Å². The van der Waals surface area contributed by atoms with E-state index in [1.165, 1.54) is 18.2 Å². The molecule has 1 amide bonds. The van der Waals surface area contributed by atoms with Gasteiger partial charge in [-0.1, -0.05) is 13.8 Å². The third-order valence-corrected chi connectivity index (χ3v) is 2.81. The lowest BCUT2D eigenvalue weighted by Gasteiger charge is -2.15. The molecule has 4 nitrogen and oxygen atoms in total. The van der Waals surface area contributed by atoms with Gasteiger partial charge in [-0.25, -0.2) is 4.39 Å². The number of halogens is 1. The highest BCUT2D eigenvalue weighted by atomic mass is 19.1. The van der Waals surface area contributed by atoms with E-state index in [1.54, 1.807) is 0 Å². The zero-order valence-electron chi connectivity index (χ0n) is 12.3. The topological polar surface area (TPSA) is 64.3 Å². The second-order valence-corrected chi connectivity index (χ2v) is 5.35. The summed E-state index contributed by atoms with van der Waals surface area (Å²) in [7, 11) is 0. The minimum absolute atomic E-state index is 0.0182. The van der Waals surface area contributed by atoms with Gasteiger partial charge in [0.15, 0.2) is 0 Å². The molecule has 0 aromatic heterocycles. The predicted molar refractivity (Wildman–Crippen MR) is 78.9 cm³/mol. The van der Waals surface area contributed by atoms with Crippen LogP contribution in [0.5, 0.6) is 0 Å². The molecule has 1 rings (SSSR count). The Kier molecular flexibility index (Phi) is 6.45. The molecule has 1 aromatic rings. The Morgan fingerprint density at radius 3 is 2.70 bits per heavy atom. The van der Waals surface area contributed by atoms with Crippen molar-refractivity contribution >= 4 is 17.3 Å². The van der Waals surface area contributed by atoms with E-state index in [0.29, 0.717) is 18.2 Å². The Hall–Kier alpha value is -1.62. The normalized spacial score (nSPS) is 12.4. The maximum atomic E-state index is 13.0. The van der Waals surface area contributed by atoms with Gasteiger partial charge in [0, 0.05) is 5.69 Å². The van der Waals surface area contributed by atoms with E-state index in [0.717, 1.165) is 6.42 Å². The quantitative estimate of drug-likeness (QED) is 0.755. The van der Waals surface area contributed by atoms with Crippen LogP contribution in [0.15, 0.2) is 18.2 Å². The molecular formula is C15H23FN2O2. The molecule has 0 bridgehead atoms. The summed E-state index contributed by atoms with van der Waals surface area (Å²) in [4.78, 5) is 11.7. The molecule has 5 heteroatoms. The molecule has 0 fully saturated rings. The van der Waals surface area contributed by atoms with Crippen molar-refractivity contribution in [3.05, 3.63) is 24.0 Å². The number of amides is 1. The Labute approximate surface area is 119 Å². The SMILES string of the molecule is CC(C)CC(C)OCCC(=O)Nc1ccc(F)c(N)c1. The van der Waals surface area contributed by atoms with Crippen LogP contribution in [0.25, 0.3) is 0 Å². The fraction of sp³-hybridized carbons (Fsp3) is 0.533. The van der Waals surface area contributed by atoms with E-state index in [-0.39, 0.29) is 24.1 Å². The third-order valence-electron chi connectivity index (χ3n) is 2.81. The number of benzene rings is 1. The van der Waals surface area contributed by atoms with E-state index < -0.39 is 5.82 Å². The van der Waals surface area contributed by atoms with Gasteiger partial charge in [0.1, 0.15) is 5.82 Å². The van der Waals surface area contributed by atoms with Gasteiger partial charge in [-0.2, -0.15) is 0 Å². The molecule has 1 aromatic carbocycles. The Balaban J connectivity index is 2.31. The molecular weight excluding hydrogens is 259 g/mol. The number of ether oxygens (including phenoxy) is 1. The summed E-state index contributed by atoms with van der Waals surface area (Å²) in [6.07, 6.45) is 1.37. The summed E-state index contributed by atoms with van der Waals surface area (Å²) in [6.45, 7) is 6.63. The number of hydrogen-bond donors (Lipinski definition) is 2. The average Bonchev–Trinajstić information content (AvgIpc) is 2.33. The number of nitrogens with one attached hydrogen (secondary N) is 1. The number of nitrogens with two attached hydrogens (primary N) is 1. The minimum Gasteiger partial charge on any atom is -0.396 e. The van der Waals surface area contributed by atoms with E-state index >= 15 is 0 Å². The van der Waals surface area contributed by atoms with Crippen LogP contribution in [0.2, 0.25) is 0 Å². The van der Waals surface area contributed by atoms with Crippen molar-refractivity contribution in [3.63, 3.8) is 0 Å². The standard InChI is InChI=1S/C15H23FN2O2/c1-10(2)8-11(3)20-7-6-15(19)18-12-4-5-13(16)14(17)9-12/h4-5,9-11H,6-8,17H2,1-3H3,(H,18,19). The predicted octanol–water partition coefficient (Wildman–Crippen LogP) is 3.19. The fourth-order valence-corrected chi connectivity index (χ4v) is 1.93. The van der Waals surface area contributed by atoms with Crippen molar-refractivity contribution < 1.29 is 13.9 Å². The van der Waals surface area contributed by atoms with Crippen LogP contribution in [-0.4, -0.2) is 18.6 Å². The zero-order chi connectivity index (χ0) is 15.1. The molecule has 0 aliphatic heterocycles. The molecule has 20 heavy (non-hydrogen) atoms. The maximum Gasteiger partial charge on any atom is 0.226 e. The Morgan fingerprint density at radius 1 is 1.40 bits per heavy atom. The zero-order valence-corrected chi connectivity index (χ0v) is 12.3. The fourth-order valence-electron chi connectivity index (χ4n) is 1.93. The van der Waals surface area contributed by atoms with Crippen molar-refractivity contribution in [1.82, 2.24) is 0 Å². The number of rotatable bonds is 7. The van der Waals surface area contributed by atoms with Gasteiger partial charge in [-0.05, 0) is 37.5 Å². The second kappa shape index (κ2) is 7.85. The molecule has 0 saturated heterocycles. The second-order valence-electron chi connectivity index (χ2n) is 5.35. The number of nitrogen functional groups attached to an aromatic ring is 1. The molecule has 112 valence electrons.